The fourth-order valence-corrected chi connectivity index (χ4v) is 6.90. The highest BCUT2D eigenvalue weighted by molar-refractivity contribution is 5.96. The summed E-state index contributed by atoms with van der Waals surface area (Å²) in [6.45, 7) is 2.66. The van der Waals surface area contributed by atoms with Gasteiger partial charge in [0.1, 0.15) is 40.0 Å². The van der Waals surface area contributed by atoms with Gasteiger partial charge in [0.15, 0.2) is 0 Å². The van der Waals surface area contributed by atoms with E-state index in [1.165, 1.54) is 41.1 Å². The first-order valence-corrected chi connectivity index (χ1v) is 18.3. The Bertz CT molecular complexity index is 2270. The molecule has 2 N–H and O–H groups in total. The molecule has 0 radical (unpaired) electrons. The average Bonchev–Trinajstić information content (AvgIpc) is 3.44. The number of halogens is 5. The second-order valence-electron chi connectivity index (χ2n) is 13.8. The number of ether oxygens (including phenoxy) is 3. The molecule has 57 heavy (non-hydrogen) atoms. The van der Waals surface area contributed by atoms with E-state index in [1.807, 2.05) is 0 Å². The van der Waals surface area contributed by atoms with Gasteiger partial charge in [0, 0.05) is 50.7 Å². The van der Waals surface area contributed by atoms with Crippen LogP contribution in [0.3, 0.4) is 0 Å². The van der Waals surface area contributed by atoms with Gasteiger partial charge in [-0.25, -0.2) is 23.5 Å². The van der Waals surface area contributed by atoms with E-state index >= 15 is 0 Å². The number of hydrogen-bond donors (Lipinski definition) is 2. The Kier molecular flexibility index (Phi) is 11.8. The molecule has 4 heterocycles. The fourth-order valence-electron chi connectivity index (χ4n) is 6.90. The van der Waals surface area contributed by atoms with E-state index in [0.717, 1.165) is 18.7 Å². The van der Waals surface area contributed by atoms with Crippen LogP contribution in [0.2, 0.25) is 0 Å². The molecule has 7 rings (SSSR count). The smallest absolute Gasteiger partial charge is 0.438 e. The van der Waals surface area contributed by atoms with Crippen molar-refractivity contribution in [1.29, 1.82) is 0 Å². The molecule has 2 aromatic carbocycles. The Morgan fingerprint density at radius 3 is 2.39 bits per heavy atom. The van der Waals surface area contributed by atoms with E-state index in [0.29, 0.717) is 80.9 Å². The molecule has 1 saturated heterocycles. The predicted molar refractivity (Wildman–Crippen MR) is 195 cm³/mol. The summed E-state index contributed by atoms with van der Waals surface area (Å²) in [5.41, 5.74) is 2.27. The van der Waals surface area contributed by atoms with E-state index in [1.54, 1.807) is 30.3 Å². The molecule has 1 saturated carbocycles. The van der Waals surface area contributed by atoms with Crippen molar-refractivity contribution in [3.8, 4) is 28.5 Å². The zero-order valence-electron chi connectivity index (χ0n) is 30.4. The molecule has 1 aliphatic heterocycles. The minimum Gasteiger partial charge on any atom is -0.438 e. The fraction of sp³-hybridized carbons (Fsp3) is 0.325. The number of esters is 1. The van der Waals surface area contributed by atoms with Crippen molar-refractivity contribution < 1.29 is 50.5 Å². The Hall–Kier alpha value is -5.94. The lowest BCUT2D eigenvalue weighted by atomic mass is 9.91. The van der Waals surface area contributed by atoms with E-state index in [4.69, 9.17) is 9.47 Å². The monoisotopic (exact) mass is 792 g/mol. The van der Waals surface area contributed by atoms with Gasteiger partial charge < -0.3 is 29.2 Å². The van der Waals surface area contributed by atoms with Crippen LogP contribution in [0.25, 0.3) is 16.8 Å². The molecule has 12 nitrogen and oxygen atoms in total. The molecule has 0 unspecified atom stereocenters. The van der Waals surface area contributed by atoms with Crippen LogP contribution in [-0.4, -0.2) is 81.6 Å². The minimum absolute atomic E-state index is 0.140. The second-order valence-corrected chi connectivity index (χ2v) is 13.8. The lowest BCUT2D eigenvalue weighted by Gasteiger charge is -2.29. The first-order valence-electron chi connectivity index (χ1n) is 18.3. The molecule has 0 atom stereocenters. The molecule has 2 aliphatic rings. The number of benzene rings is 2. The summed E-state index contributed by atoms with van der Waals surface area (Å²) in [5.74, 6) is -4.71. The zero-order chi connectivity index (χ0) is 40.1. The molecule has 2 fully saturated rings. The first-order chi connectivity index (χ1) is 27.4. The van der Waals surface area contributed by atoms with Gasteiger partial charge in [0.25, 0.3) is 11.8 Å². The van der Waals surface area contributed by atoms with Crippen molar-refractivity contribution in [1.82, 2.24) is 29.9 Å². The topological polar surface area (TPSA) is 136 Å². The number of aromatic nitrogens is 3. The first kappa shape index (κ1) is 39.3. The Labute approximate surface area is 322 Å². The summed E-state index contributed by atoms with van der Waals surface area (Å²) in [5, 5.41) is 5.87. The molecular formula is C40H37F5N6O6. The van der Waals surface area contributed by atoms with Crippen LogP contribution in [0, 0.1) is 11.6 Å². The van der Waals surface area contributed by atoms with Crippen molar-refractivity contribution in [2.24, 2.45) is 0 Å². The van der Waals surface area contributed by atoms with Crippen LogP contribution in [0.1, 0.15) is 58.5 Å². The van der Waals surface area contributed by atoms with Gasteiger partial charge >= 0.3 is 12.1 Å². The third-order valence-corrected chi connectivity index (χ3v) is 9.69. The predicted octanol–water partition coefficient (Wildman–Crippen LogP) is 6.63. The molecular weight excluding hydrogens is 755 g/mol. The Morgan fingerprint density at radius 2 is 1.61 bits per heavy atom. The molecule has 1 aliphatic carbocycles. The van der Waals surface area contributed by atoms with Crippen LogP contribution >= 0.6 is 0 Å². The van der Waals surface area contributed by atoms with E-state index < -0.39 is 35.6 Å². The van der Waals surface area contributed by atoms with Gasteiger partial charge in [0.05, 0.1) is 12.8 Å². The number of nitrogens with zero attached hydrogens (tertiary/aromatic N) is 4. The van der Waals surface area contributed by atoms with Crippen LogP contribution in [-0.2, 0) is 16.1 Å². The number of amides is 2. The zero-order valence-corrected chi connectivity index (χ0v) is 30.4. The lowest BCUT2D eigenvalue weighted by molar-refractivity contribution is -0.189. The number of alkyl halides is 3. The van der Waals surface area contributed by atoms with Gasteiger partial charge in [-0.2, -0.15) is 13.2 Å². The van der Waals surface area contributed by atoms with Gasteiger partial charge in [-0.05, 0) is 91.3 Å². The van der Waals surface area contributed by atoms with Gasteiger partial charge in [-0.3, -0.25) is 14.5 Å². The number of hydrogen-bond acceptors (Lipinski definition) is 9. The number of pyridine rings is 2. The Balaban J connectivity index is 1.02. The average molecular weight is 793 g/mol. The highest BCUT2D eigenvalue weighted by atomic mass is 19.4. The molecule has 2 amide bonds. The van der Waals surface area contributed by atoms with E-state index in [9.17, 15) is 36.3 Å². The normalized spacial score (nSPS) is 17.8. The standard InChI is InChI=1S/C40H37F5N6O6/c41-26-5-12-35-49-34(23-51(35)22-26)37(53)48-29-8-6-28(7-9-29)47-36(52)33-19-27(42)20-46-38(33)56-30-4-1-3-24(17-30)32-11-10-31(57-39(54)40(43,44)45)18-25(32)21-50-13-2-15-55-16-14-50/h1,3-5,10-12,17-20,22-23,28-29H,2,6-9,13-16,21H2,(H,47,52)(H,48,53). The number of nitrogens with one attached hydrogen (secondary N) is 2. The van der Waals surface area contributed by atoms with Gasteiger partial charge in [0.2, 0.25) is 5.88 Å². The number of imidazole rings is 1. The Morgan fingerprint density at radius 1 is 0.842 bits per heavy atom. The molecule has 17 heteroatoms. The quantitative estimate of drug-likeness (QED) is 0.0908. The summed E-state index contributed by atoms with van der Waals surface area (Å²) >= 11 is 0. The van der Waals surface area contributed by atoms with Crippen LogP contribution in [0.4, 0.5) is 22.0 Å². The van der Waals surface area contributed by atoms with Crippen LogP contribution in [0.5, 0.6) is 17.4 Å². The number of fused-ring (bicyclic) bond motifs is 1. The lowest BCUT2D eigenvalue weighted by Crippen LogP contribution is -2.44. The van der Waals surface area contributed by atoms with Crippen molar-refractivity contribution in [3.05, 3.63) is 108 Å². The van der Waals surface area contributed by atoms with Crippen LogP contribution in [0.15, 0.2) is 79.3 Å². The van der Waals surface area contributed by atoms with Crippen molar-refractivity contribution in [3.63, 3.8) is 0 Å². The number of carbonyl (C=O) groups is 3. The third kappa shape index (κ3) is 9.90. The molecule has 298 valence electrons. The van der Waals surface area contributed by atoms with Crippen molar-refractivity contribution in [2.75, 3.05) is 26.3 Å². The summed E-state index contributed by atoms with van der Waals surface area (Å²) in [6.07, 6.45) is 1.35. The number of carbonyl (C=O) groups excluding carboxylic acids is 3. The van der Waals surface area contributed by atoms with E-state index in [-0.39, 0.29) is 40.7 Å². The highest BCUT2D eigenvalue weighted by Crippen LogP contribution is 2.34. The van der Waals surface area contributed by atoms with Gasteiger partial charge in [-0.1, -0.05) is 18.2 Å². The SMILES string of the molecule is O=C(NC1CCC(NC(=O)c2cc(F)cnc2Oc2cccc(-c3ccc(OC(=O)C(F)(F)F)cc3CN3CCCOCC3)c2)CC1)c1cn2cc(F)ccc2n1. The molecule has 5 aromatic rings. The summed E-state index contributed by atoms with van der Waals surface area (Å²) < 4.78 is 84.7. The van der Waals surface area contributed by atoms with Crippen molar-refractivity contribution in [2.45, 2.75) is 56.9 Å². The second kappa shape index (κ2) is 17.1. The number of rotatable bonds is 10. The molecule has 0 spiro atoms. The van der Waals surface area contributed by atoms with E-state index in [2.05, 4.69) is 30.2 Å². The molecule has 3 aromatic heterocycles. The summed E-state index contributed by atoms with van der Waals surface area (Å²) in [4.78, 5) is 48.4. The summed E-state index contributed by atoms with van der Waals surface area (Å²) in [6, 6.07) is 14.2. The third-order valence-electron chi connectivity index (χ3n) is 9.69. The van der Waals surface area contributed by atoms with Crippen molar-refractivity contribution >= 4 is 23.4 Å². The minimum atomic E-state index is -5.17. The maximum Gasteiger partial charge on any atom is 0.491 e. The highest BCUT2D eigenvalue weighted by Gasteiger charge is 2.41. The van der Waals surface area contributed by atoms with Gasteiger partial charge in [-0.15, -0.1) is 0 Å². The maximum absolute atomic E-state index is 14.5. The largest absolute Gasteiger partial charge is 0.491 e. The summed E-state index contributed by atoms with van der Waals surface area (Å²) in [7, 11) is 0. The van der Waals surface area contributed by atoms with Crippen LogP contribution < -0.4 is 20.1 Å². The maximum atomic E-state index is 14.5. The molecule has 0 bridgehead atoms.